The first-order valence-corrected chi connectivity index (χ1v) is 9.68. The lowest BCUT2D eigenvalue weighted by Gasteiger charge is -2.47. The number of para-hydroxylation sites is 2. The highest BCUT2D eigenvalue weighted by Gasteiger charge is 2.53. The fourth-order valence-electron chi connectivity index (χ4n) is 4.25. The van der Waals surface area contributed by atoms with E-state index in [9.17, 15) is 20.5 Å². The van der Waals surface area contributed by atoms with Crippen LogP contribution < -0.4 is 10.1 Å². The van der Waals surface area contributed by atoms with E-state index in [0.717, 1.165) is 0 Å². The summed E-state index contributed by atoms with van der Waals surface area (Å²) in [6.07, 6.45) is -0.419. The zero-order valence-corrected chi connectivity index (χ0v) is 17.6. The van der Waals surface area contributed by atoms with Crippen LogP contribution in [0.4, 0.5) is 11.6 Å². The summed E-state index contributed by atoms with van der Waals surface area (Å²) in [5.74, 6) is 0.485. The number of aromatic nitrogens is 2. The van der Waals surface area contributed by atoms with Crippen molar-refractivity contribution in [1.82, 2.24) is 9.55 Å². The number of nitriles is 1. The minimum Gasteiger partial charge on any atom is -0.479 e. The maximum absolute atomic E-state index is 11.6. The van der Waals surface area contributed by atoms with E-state index in [1.165, 1.54) is 32.4 Å². The first kappa shape index (κ1) is 21.5. The molecule has 0 aliphatic carbocycles. The third-order valence-electron chi connectivity index (χ3n) is 5.68. The van der Waals surface area contributed by atoms with Crippen molar-refractivity contribution >= 4 is 22.7 Å². The predicted octanol–water partition coefficient (Wildman–Crippen LogP) is 2.56. The minimum atomic E-state index is -1.40. The molecular formula is C21H21N5O6. The molecule has 1 aliphatic heterocycles. The van der Waals surface area contributed by atoms with Gasteiger partial charge >= 0.3 is 0 Å². The minimum absolute atomic E-state index is 0.164. The van der Waals surface area contributed by atoms with Crippen LogP contribution in [0.5, 0.6) is 5.75 Å². The van der Waals surface area contributed by atoms with Gasteiger partial charge in [0.2, 0.25) is 5.95 Å². The summed E-state index contributed by atoms with van der Waals surface area (Å²) in [5.41, 5.74) is -0.0104. The molecule has 0 radical (unpaired) electrons. The smallest absolute Gasteiger partial charge is 0.270 e. The Morgan fingerprint density at radius 2 is 2.06 bits per heavy atom. The number of hydrogen-bond acceptors (Lipinski definition) is 9. The van der Waals surface area contributed by atoms with Gasteiger partial charge in [-0.05, 0) is 25.1 Å². The Morgan fingerprint density at radius 3 is 2.72 bits per heavy atom. The number of benzene rings is 2. The number of fused-ring (bicyclic) bond motifs is 2. The topological polar surface area (TPSA) is 145 Å². The van der Waals surface area contributed by atoms with Gasteiger partial charge in [0.15, 0.2) is 18.1 Å². The van der Waals surface area contributed by atoms with Crippen molar-refractivity contribution in [2.24, 2.45) is 0 Å². The van der Waals surface area contributed by atoms with Gasteiger partial charge in [0.05, 0.1) is 22.0 Å². The second-order valence-electron chi connectivity index (χ2n) is 7.49. The molecule has 0 amide bonds. The molecule has 2 aromatic carbocycles. The molecule has 32 heavy (non-hydrogen) atoms. The van der Waals surface area contributed by atoms with Crippen molar-refractivity contribution in [2.45, 2.75) is 31.0 Å². The number of hydrogen-bond donors (Lipinski definition) is 2. The third kappa shape index (κ3) is 3.21. The Hall–Kier alpha value is -3.72. The lowest BCUT2D eigenvalue weighted by atomic mass is 9.84. The number of ether oxygens (including phenoxy) is 3. The number of anilines is 1. The van der Waals surface area contributed by atoms with Crippen LogP contribution in [0.15, 0.2) is 42.5 Å². The molecule has 0 bridgehead atoms. The van der Waals surface area contributed by atoms with Crippen LogP contribution >= 0.6 is 0 Å². The number of aliphatic hydroxyl groups is 1. The van der Waals surface area contributed by atoms with Gasteiger partial charge in [-0.1, -0.05) is 12.1 Å². The maximum Gasteiger partial charge on any atom is 0.270 e. The second-order valence-corrected chi connectivity index (χ2v) is 7.49. The molecule has 0 saturated heterocycles. The van der Waals surface area contributed by atoms with Crippen LogP contribution in [0, 0.1) is 21.6 Å². The van der Waals surface area contributed by atoms with E-state index >= 15 is 0 Å². The molecule has 2 N–H and O–H groups in total. The number of rotatable bonds is 6. The number of nitro benzene ring substituents is 1. The molecule has 0 saturated carbocycles. The Balaban J connectivity index is 2.03. The molecule has 2 heterocycles. The quantitative estimate of drug-likeness (QED) is 0.195. The Bertz CT molecular complexity index is 1220. The molecular weight excluding hydrogens is 418 g/mol. The Morgan fingerprint density at radius 1 is 1.34 bits per heavy atom. The van der Waals surface area contributed by atoms with Crippen molar-refractivity contribution in [3.8, 4) is 11.9 Å². The zero-order chi connectivity index (χ0) is 23.0. The number of imidazole rings is 1. The number of aliphatic hydroxyl groups excluding tert-OH is 1. The molecule has 0 unspecified atom stereocenters. The summed E-state index contributed by atoms with van der Waals surface area (Å²) in [4.78, 5) is 15.4. The largest absolute Gasteiger partial charge is 0.479 e. The fourth-order valence-corrected chi connectivity index (χ4v) is 4.25. The van der Waals surface area contributed by atoms with E-state index in [4.69, 9.17) is 14.2 Å². The van der Waals surface area contributed by atoms with Gasteiger partial charge in [-0.15, -0.1) is 0 Å². The van der Waals surface area contributed by atoms with Gasteiger partial charge in [0, 0.05) is 31.9 Å². The maximum atomic E-state index is 11.6. The third-order valence-corrected chi connectivity index (χ3v) is 5.68. The number of non-ortho nitro benzene ring substituents is 1. The zero-order valence-electron chi connectivity index (χ0n) is 17.6. The van der Waals surface area contributed by atoms with Gasteiger partial charge in [0.1, 0.15) is 11.9 Å². The van der Waals surface area contributed by atoms with Gasteiger partial charge in [-0.2, -0.15) is 5.26 Å². The molecule has 1 aliphatic rings. The Labute approximate surface area is 182 Å². The summed E-state index contributed by atoms with van der Waals surface area (Å²) < 4.78 is 18.6. The van der Waals surface area contributed by atoms with E-state index in [0.29, 0.717) is 22.3 Å². The summed E-state index contributed by atoms with van der Waals surface area (Å²) in [6, 6.07) is 10.4. The molecule has 0 fully saturated rings. The molecule has 11 heteroatoms. The second kappa shape index (κ2) is 8.08. The predicted molar refractivity (Wildman–Crippen MR) is 113 cm³/mol. The summed E-state index contributed by atoms with van der Waals surface area (Å²) in [6.45, 7) is 1.63. The molecule has 0 spiro atoms. The van der Waals surface area contributed by atoms with Crippen molar-refractivity contribution in [3.05, 3.63) is 58.1 Å². The normalized spacial score (nSPS) is 22.2. The monoisotopic (exact) mass is 439 g/mol. The van der Waals surface area contributed by atoms with E-state index in [1.807, 2.05) is 6.19 Å². The SMILES string of the molecule is COC(OC)[C@@]1(C)Oc2ccc([N+](=O)[O-])cc2[C@@H](n2c(NC#N)nc3ccccc32)[C@@H]1O. The van der Waals surface area contributed by atoms with E-state index in [1.54, 1.807) is 35.8 Å². The van der Waals surface area contributed by atoms with Crippen LogP contribution in [0.3, 0.4) is 0 Å². The van der Waals surface area contributed by atoms with Crippen molar-refractivity contribution in [2.75, 3.05) is 19.5 Å². The van der Waals surface area contributed by atoms with E-state index in [2.05, 4.69) is 10.3 Å². The molecule has 3 atom stereocenters. The summed E-state index contributed by atoms with van der Waals surface area (Å²) in [7, 11) is 2.84. The lowest BCUT2D eigenvalue weighted by Crippen LogP contribution is -2.60. The first-order chi connectivity index (χ1) is 15.3. The Kier molecular flexibility index (Phi) is 5.43. The van der Waals surface area contributed by atoms with Gasteiger partial charge in [0.25, 0.3) is 5.69 Å². The van der Waals surface area contributed by atoms with Crippen LogP contribution in [0.2, 0.25) is 0 Å². The van der Waals surface area contributed by atoms with Crippen molar-refractivity contribution in [1.29, 1.82) is 5.26 Å². The van der Waals surface area contributed by atoms with Crippen molar-refractivity contribution in [3.63, 3.8) is 0 Å². The lowest BCUT2D eigenvalue weighted by molar-refractivity contribution is -0.385. The van der Waals surface area contributed by atoms with Crippen LogP contribution in [0.25, 0.3) is 11.0 Å². The number of methoxy groups -OCH3 is 2. The molecule has 3 aromatic rings. The standard InChI is InChI=1S/C21H21N5O6/c1-21(19(30-2)31-3)18(27)17(13-10-12(26(28)29)8-9-16(13)32-21)25-15-7-5-4-6-14(15)24-20(25)23-11-22/h4-10,17-19,27H,1-3H3,(H,23,24)/t17-,18+,21+/m1/s1. The van der Waals surface area contributed by atoms with Crippen molar-refractivity contribution < 1.29 is 24.2 Å². The number of nitrogens with one attached hydrogen (secondary N) is 1. The molecule has 4 rings (SSSR count). The highest BCUT2D eigenvalue weighted by Crippen LogP contribution is 2.47. The number of nitro groups is 1. The first-order valence-electron chi connectivity index (χ1n) is 9.68. The number of nitrogens with zero attached hydrogens (tertiary/aromatic N) is 4. The van der Waals surface area contributed by atoms with Gasteiger partial charge < -0.3 is 19.3 Å². The molecule has 166 valence electrons. The average Bonchev–Trinajstić information content (AvgIpc) is 3.13. The van der Waals surface area contributed by atoms with Gasteiger partial charge in [-0.25, -0.2) is 4.98 Å². The van der Waals surface area contributed by atoms with E-state index < -0.39 is 29.0 Å². The molecule has 1 aromatic heterocycles. The van der Waals surface area contributed by atoms with Gasteiger partial charge in [-0.3, -0.25) is 20.0 Å². The summed E-state index contributed by atoms with van der Waals surface area (Å²) >= 11 is 0. The highest BCUT2D eigenvalue weighted by molar-refractivity contribution is 5.79. The fraction of sp³-hybridized carbons (Fsp3) is 0.333. The summed E-state index contributed by atoms with van der Waals surface area (Å²) in [5, 5.41) is 34.9. The van der Waals surface area contributed by atoms with Crippen LogP contribution in [-0.4, -0.2) is 51.8 Å². The van der Waals surface area contributed by atoms with Crippen LogP contribution in [-0.2, 0) is 9.47 Å². The van der Waals surface area contributed by atoms with Crippen LogP contribution in [0.1, 0.15) is 18.5 Å². The molecule has 11 nitrogen and oxygen atoms in total. The van der Waals surface area contributed by atoms with E-state index in [-0.39, 0.29) is 11.6 Å². The highest BCUT2D eigenvalue weighted by atomic mass is 16.7. The average molecular weight is 439 g/mol.